The quantitative estimate of drug-likeness (QED) is 0.276. The van der Waals surface area contributed by atoms with E-state index in [2.05, 4.69) is 66.5 Å². The van der Waals surface area contributed by atoms with Gasteiger partial charge in [-0.25, -0.2) is 4.98 Å². The summed E-state index contributed by atoms with van der Waals surface area (Å²) in [4.78, 5) is 11.4. The van der Waals surface area contributed by atoms with Gasteiger partial charge in [-0.3, -0.25) is 4.99 Å². The van der Waals surface area contributed by atoms with E-state index in [0.29, 0.717) is 0 Å². The Labute approximate surface area is 202 Å². The number of imidazole rings is 1. The molecule has 4 rings (SSSR count). The first-order valence-electron chi connectivity index (χ1n) is 11.0. The smallest absolute Gasteiger partial charge is 0.191 e. The van der Waals surface area contributed by atoms with Gasteiger partial charge in [0.2, 0.25) is 0 Å². The van der Waals surface area contributed by atoms with Crippen molar-refractivity contribution in [3.63, 3.8) is 0 Å². The van der Waals surface area contributed by atoms with Crippen LogP contribution in [0.1, 0.15) is 30.4 Å². The molecule has 0 bridgehead atoms. The summed E-state index contributed by atoms with van der Waals surface area (Å²) >= 11 is 0. The molecule has 2 aromatic carbocycles. The molecular weight excluding hydrogens is 499 g/mol. The lowest BCUT2D eigenvalue weighted by Gasteiger charge is -2.26. The molecule has 0 saturated carbocycles. The number of fused-ring (bicyclic) bond motifs is 1. The van der Waals surface area contributed by atoms with Crippen molar-refractivity contribution in [3.05, 3.63) is 66.0 Å². The van der Waals surface area contributed by atoms with Crippen LogP contribution in [0.4, 0.5) is 0 Å². The van der Waals surface area contributed by atoms with E-state index in [1.807, 2.05) is 25.5 Å². The summed E-state index contributed by atoms with van der Waals surface area (Å²) in [5, 5.41) is 6.85. The van der Waals surface area contributed by atoms with Gasteiger partial charge >= 0.3 is 0 Å². The number of aromatic nitrogens is 2. The molecule has 0 amide bonds. The molecule has 1 aromatic heterocycles. The van der Waals surface area contributed by atoms with Crippen molar-refractivity contribution < 1.29 is 0 Å². The second-order valence-electron chi connectivity index (χ2n) is 7.93. The molecule has 0 aliphatic carbocycles. The number of hydrogen-bond donors (Lipinski definition) is 2. The number of guanidine groups is 1. The first kappa shape index (κ1) is 23.5. The normalized spacial score (nSPS) is 14.9. The lowest BCUT2D eigenvalue weighted by atomic mass is 10.1. The number of benzene rings is 2. The maximum Gasteiger partial charge on any atom is 0.191 e. The molecule has 0 atom stereocenters. The highest BCUT2D eigenvalue weighted by Gasteiger charge is 2.09. The molecule has 6 nitrogen and oxygen atoms in total. The monoisotopic (exact) mass is 532 g/mol. The van der Waals surface area contributed by atoms with Crippen molar-refractivity contribution >= 4 is 41.0 Å². The van der Waals surface area contributed by atoms with Crippen molar-refractivity contribution in [2.75, 3.05) is 33.2 Å². The first-order chi connectivity index (χ1) is 14.8. The van der Waals surface area contributed by atoms with Crippen LogP contribution in [-0.4, -0.2) is 53.6 Å². The number of rotatable bonds is 7. The Balaban J connectivity index is 0.00000272. The number of nitrogens with zero attached hydrogens (tertiary/aromatic N) is 4. The van der Waals surface area contributed by atoms with Crippen LogP contribution >= 0.6 is 24.0 Å². The van der Waals surface area contributed by atoms with Gasteiger partial charge in [0.25, 0.3) is 0 Å². The van der Waals surface area contributed by atoms with Gasteiger partial charge < -0.3 is 20.1 Å². The van der Waals surface area contributed by atoms with E-state index in [1.165, 1.54) is 49.0 Å². The number of likely N-dealkylation sites (tertiary alicyclic amines) is 1. The molecular formula is C24H33IN6. The highest BCUT2D eigenvalue weighted by atomic mass is 127. The molecule has 166 valence electrons. The molecule has 0 radical (unpaired) electrons. The van der Waals surface area contributed by atoms with Crippen LogP contribution in [0.15, 0.2) is 59.9 Å². The Hall–Kier alpha value is -2.13. The second kappa shape index (κ2) is 12.0. The minimum atomic E-state index is 0. The van der Waals surface area contributed by atoms with Crippen LogP contribution in [0.3, 0.4) is 0 Å². The number of halogens is 1. The molecule has 7 heteroatoms. The molecule has 31 heavy (non-hydrogen) atoms. The molecule has 2 N–H and O–H groups in total. The zero-order valence-electron chi connectivity index (χ0n) is 18.3. The molecule has 0 spiro atoms. The predicted octanol–water partition coefficient (Wildman–Crippen LogP) is 3.85. The van der Waals surface area contributed by atoms with E-state index in [0.717, 1.165) is 37.7 Å². The zero-order valence-corrected chi connectivity index (χ0v) is 20.6. The van der Waals surface area contributed by atoms with E-state index in [4.69, 9.17) is 0 Å². The van der Waals surface area contributed by atoms with Gasteiger partial charge in [-0.15, -0.1) is 24.0 Å². The summed E-state index contributed by atoms with van der Waals surface area (Å²) in [6.07, 6.45) is 5.96. The third-order valence-electron chi connectivity index (χ3n) is 5.76. The highest BCUT2D eigenvalue weighted by Crippen LogP contribution is 2.14. The van der Waals surface area contributed by atoms with Crippen molar-refractivity contribution in [1.82, 2.24) is 25.1 Å². The zero-order chi connectivity index (χ0) is 20.6. The fraction of sp³-hybridized carbons (Fsp3) is 0.417. The average Bonchev–Trinajstić information content (AvgIpc) is 3.20. The minimum Gasteiger partial charge on any atom is -0.355 e. The van der Waals surface area contributed by atoms with Crippen molar-refractivity contribution in [1.29, 1.82) is 0 Å². The summed E-state index contributed by atoms with van der Waals surface area (Å²) in [7, 11) is 1.83. The number of piperidine rings is 1. The fourth-order valence-corrected chi connectivity index (χ4v) is 4.02. The third-order valence-corrected chi connectivity index (χ3v) is 5.76. The van der Waals surface area contributed by atoms with Crippen LogP contribution < -0.4 is 10.6 Å². The maximum atomic E-state index is 4.47. The van der Waals surface area contributed by atoms with E-state index in [9.17, 15) is 0 Å². The van der Waals surface area contributed by atoms with Gasteiger partial charge in [0.05, 0.1) is 17.4 Å². The third kappa shape index (κ3) is 6.67. The van der Waals surface area contributed by atoms with E-state index in [-0.39, 0.29) is 24.0 Å². The number of hydrogen-bond acceptors (Lipinski definition) is 3. The summed E-state index contributed by atoms with van der Waals surface area (Å²) in [5.41, 5.74) is 4.72. The van der Waals surface area contributed by atoms with Crippen molar-refractivity contribution in [3.8, 4) is 0 Å². The highest BCUT2D eigenvalue weighted by molar-refractivity contribution is 14.0. The summed E-state index contributed by atoms with van der Waals surface area (Å²) in [5.74, 6) is 0.862. The van der Waals surface area contributed by atoms with Crippen LogP contribution in [-0.2, 0) is 13.1 Å². The lowest BCUT2D eigenvalue weighted by Crippen LogP contribution is -2.42. The van der Waals surface area contributed by atoms with Gasteiger partial charge in [-0.05, 0) is 49.2 Å². The Kier molecular flexibility index (Phi) is 9.14. The predicted molar refractivity (Wildman–Crippen MR) is 139 cm³/mol. The topological polar surface area (TPSA) is 57.5 Å². The van der Waals surface area contributed by atoms with Crippen LogP contribution in [0.2, 0.25) is 0 Å². The Morgan fingerprint density at radius 2 is 1.71 bits per heavy atom. The Morgan fingerprint density at radius 3 is 2.48 bits per heavy atom. The summed E-state index contributed by atoms with van der Waals surface area (Å²) in [6, 6.07) is 17.0. The van der Waals surface area contributed by atoms with E-state index < -0.39 is 0 Å². The molecule has 1 aliphatic heterocycles. The standard InChI is InChI=1S/C24H32N6.HI/c1-25-24(26-13-16-29-14-5-2-6-15-29)27-17-20-9-11-21(12-10-20)18-30-19-28-22-7-3-4-8-23(22)30;/h3-4,7-12,19H,2,5-6,13-18H2,1H3,(H2,25,26,27);1H. The molecule has 1 saturated heterocycles. The molecule has 2 heterocycles. The van der Waals surface area contributed by atoms with Crippen molar-refractivity contribution in [2.24, 2.45) is 4.99 Å². The van der Waals surface area contributed by atoms with Gasteiger partial charge in [-0.1, -0.05) is 42.8 Å². The molecule has 3 aromatic rings. The Bertz CT molecular complexity index is 960. The molecule has 0 unspecified atom stereocenters. The minimum absolute atomic E-state index is 0. The Morgan fingerprint density at radius 1 is 0.968 bits per heavy atom. The van der Waals surface area contributed by atoms with Gasteiger partial charge in [0.15, 0.2) is 5.96 Å². The lowest BCUT2D eigenvalue weighted by molar-refractivity contribution is 0.232. The molecule has 1 aliphatic rings. The van der Waals surface area contributed by atoms with Crippen molar-refractivity contribution in [2.45, 2.75) is 32.4 Å². The van der Waals surface area contributed by atoms with Crippen LogP contribution in [0.25, 0.3) is 11.0 Å². The second-order valence-corrected chi connectivity index (χ2v) is 7.93. The summed E-state index contributed by atoms with van der Waals surface area (Å²) < 4.78 is 2.19. The first-order valence-corrected chi connectivity index (χ1v) is 11.0. The number of para-hydroxylation sites is 2. The SMILES string of the molecule is CN=C(NCCN1CCCCC1)NCc1ccc(Cn2cnc3ccccc32)cc1.I. The fourth-order valence-electron chi connectivity index (χ4n) is 4.02. The number of nitrogens with one attached hydrogen (secondary N) is 2. The van der Waals surface area contributed by atoms with Gasteiger partial charge in [0, 0.05) is 33.2 Å². The van der Waals surface area contributed by atoms with E-state index in [1.54, 1.807) is 0 Å². The van der Waals surface area contributed by atoms with Crippen LogP contribution in [0, 0.1) is 0 Å². The average molecular weight is 532 g/mol. The number of aliphatic imine (C=N–C) groups is 1. The van der Waals surface area contributed by atoms with E-state index >= 15 is 0 Å². The maximum absolute atomic E-state index is 4.47. The largest absolute Gasteiger partial charge is 0.355 e. The summed E-state index contributed by atoms with van der Waals surface area (Å²) in [6.45, 7) is 6.06. The van der Waals surface area contributed by atoms with Gasteiger partial charge in [0.1, 0.15) is 0 Å². The van der Waals surface area contributed by atoms with Gasteiger partial charge in [-0.2, -0.15) is 0 Å². The molecule has 1 fully saturated rings. The van der Waals surface area contributed by atoms with Crippen LogP contribution in [0.5, 0.6) is 0 Å².